The van der Waals surface area contributed by atoms with E-state index in [2.05, 4.69) is 16.0 Å². The van der Waals surface area contributed by atoms with Gasteiger partial charge >= 0.3 is 18.0 Å². The number of rotatable bonds is 14. The standard InChI is InChI=1S/C26H30N4O9/c1-16(28-26(37)39-15-18-10-6-3-7-11-18)23(33)29-19(24(34)30-20(25(35)36)12-21(27)31)13-22(32)38-14-17-8-4-2-5-9-17/h2-11,16,19-20H,12-15H2,1H3,(H2,27,31)(H,28,37)(H,29,33)(H,30,34)(H,35,36)/t16-,19-,20-/m0/s1. The molecule has 0 aliphatic rings. The largest absolute Gasteiger partial charge is 0.480 e. The highest BCUT2D eigenvalue weighted by atomic mass is 16.5. The monoisotopic (exact) mass is 542 g/mol. The van der Waals surface area contributed by atoms with Crippen molar-refractivity contribution < 1.29 is 43.3 Å². The second kappa shape index (κ2) is 15.3. The summed E-state index contributed by atoms with van der Waals surface area (Å²) in [6.07, 6.45) is -2.29. The lowest BCUT2D eigenvalue weighted by Crippen LogP contribution is -2.56. The maximum absolute atomic E-state index is 12.8. The zero-order chi connectivity index (χ0) is 28.8. The van der Waals surface area contributed by atoms with Crippen LogP contribution in [0.25, 0.3) is 0 Å². The number of carbonyl (C=O) groups is 6. The molecule has 0 aliphatic heterocycles. The van der Waals surface area contributed by atoms with Gasteiger partial charge < -0.3 is 36.3 Å². The van der Waals surface area contributed by atoms with Gasteiger partial charge in [0.1, 0.15) is 31.3 Å². The zero-order valence-electron chi connectivity index (χ0n) is 21.1. The first-order valence-corrected chi connectivity index (χ1v) is 11.8. The molecular weight excluding hydrogens is 512 g/mol. The van der Waals surface area contributed by atoms with Crippen LogP contribution in [0.4, 0.5) is 4.79 Å². The lowest BCUT2D eigenvalue weighted by atomic mass is 10.1. The maximum atomic E-state index is 12.8. The first kappa shape index (κ1) is 30.3. The van der Waals surface area contributed by atoms with Crippen molar-refractivity contribution >= 4 is 35.8 Å². The van der Waals surface area contributed by atoms with Crippen molar-refractivity contribution in [3.63, 3.8) is 0 Å². The predicted molar refractivity (Wildman–Crippen MR) is 135 cm³/mol. The number of carboxylic acids is 1. The summed E-state index contributed by atoms with van der Waals surface area (Å²) in [5.74, 6) is -5.35. The van der Waals surface area contributed by atoms with Gasteiger partial charge in [0.15, 0.2) is 0 Å². The average molecular weight is 543 g/mol. The van der Waals surface area contributed by atoms with Crippen molar-refractivity contribution in [2.24, 2.45) is 5.73 Å². The highest BCUT2D eigenvalue weighted by Crippen LogP contribution is 2.06. The molecule has 0 spiro atoms. The van der Waals surface area contributed by atoms with Crippen LogP contribution in [0.1, 0.15) is 30.9 Å². The van der Waals surface area contributed by atoms with E-state index < -0.39 is 66.7 Å². The molecule has 2 aromatic carbocycles. The van der Waals surface area contributed by atoms with E-state index in [1.807, 2.05) is 0 Å². The van der Waals surface area contributed by atoms with E-state index in [1.54, 1.807) is 60.7 Å². The molecule has 39 heavy (non-hydrogen) atoms. The molecule has 0 radical (unpaired) electrons. The molecule has 0 aliphatic carbocycles. The molecule has 2 aromatic rings. The van der Waals surface area contributed by atoms with Crippen LogP contribution in [0.2, 0.25) is 0 Å². The van der Waals surface area contributed by atoms with E-state index in [-0.39, 0.29) is 13.2 Å². The van der Waals surface area contributed by atoms with Crippen molar-refractivity contribution in [2.45, 2.75) is 51.1 Å². The Morgan fingerprint density at radius 1 is 0.744 bits per heavy atom. The minimum absolute atomic E-state index is 0.0459. The molecule has 0 aromatic heterocycles. The van der Waals surface area contributed by atoms with Crippen molar-refractivity contribution in [3.8, 4) is 0 Å². The van der Waals surface area contributed by atoms with Gasteiger partial charge in [0.05, 0.1) is 12.8 Å². The van der Waals surface area contributed by atoms with Gasteiger partial charge in [-0.2, -0.15) is 0 Å². The molecule has 0 unspecified atom stereocenters. The summed E-state index contributed by atoms with van der Waals surface area (Å²) < 4.78 is 10.2. The Kier molecular flexibility index (Phi) is 11.9. The van der Waals surface area contributed by atoms with Crippen molar-refractivity contribution in [1.82, 2.24) is 16.0 Å². The van der Waals surface area contributed by atoms with Crippen molar-refractivity contribution in [2.75, 3.05) is 0 Å². The van der Waals surface area contributed by atoms with Gasteiger partial charge in [-0.25, -0.2) is 9.59 Å². The minimum atomic E-state index is -1.70. The molecule has 2 rings (SSSR count). The van der Waals surface area contributed by atoms with E-state index >= 15 is 0 Å². The normalized spacial score (nSPS) is 12.6. The SMILES string of the molecule is C[C@H](NC(=O)OCc1ccccc1)C(=O)N[C@@H](CC(=O)OCc1ccccc1)C(=O)N[C@@H](CC(N)=O)C(=O)O. The quantitative estimate of drug-likeness (QED) is 0.209. The minimum Gasteiger partial charge on any atom is -0.480 e. The van der Waals surface area contributed by atoms with Crippen LogP contribution in [0.5, 0.6) is 0 Å². The van der Waals surface area contributed by atoms with Gasteiger partial charge in [-0.1, -0.05) is 60.7 Å². The molecule has 3 atom stereocenters. The molecule has 0 heterocycles. The first-order valence-electron chi connectivity index (χ1n) is 11.8. The van der Waals surface area contributed by atoms with E-state index in [9.17, 15) is 33.9 Å². The molecule has 4 amide bonds. The number of carbonyl (C=O) groups excluding carboxylic acids is 5. The van der Waals surface area contributed by atoms with Crippen molar-refractivity contribution in [3.05, 3.63) is 71.8 Å². The molecular formula is C26H30N4O9. The fraction of sp³-hybridized carbons (Fsp3) is 0.308. The average Bonchev–Trinajstić information content (AvgIpc) is 2.90. The summed E-state index contributed by atoms with van der Waals surface area (Å²) in [5, 5.41) is 16.0. The third-order valence-electron chi connectivity index (χ3n) is 5.21. The third kappa shape index (κ3) is 11.3. The number of esters is 1. The summed E-state index contributed by atoms with van der Waals surface area (Å²) >= 11 is 0. The van der Waals surface area contributed by atoms with E-state index in [0.717, 1.165) is 5.56 Å². The highest BCUT2D eigenvalue weighted by Gasteiger charge is 2.31. The number of nitrogens with one attached hydrogen (secondary N) is 3. The van der Waals surface area contributed by atoms with Crippen LogP contribution in [0, 0.1) is 0 Å². The maximum Gasteiger partial charge on any atom is 0.408 e. The summed E-state index contributed by atoms with van der Waals surface area (Å²) in [5.41, 5.74) is 6.44. The fourth-order valence-electron chi connectivity index (χ4n) is 3.15. The summed E-state index contributed by atoms with van der Waals surface area (Å²) in [4.78, 5) is 72.7. The summed E-state index contributed by atoms with van der Waals surface area (Å²) in [6.45, 7) is 1.16. The number of hydrogen-bond acceptors (Lipinski definition) is 8. The van der Waals surface area contributed by atoms with Gasteiger partial charge in [-0.3, -0.25) is 19.2 Å². The molecule has 13 nitrogen and oxygen atoms in total. The Hall–Kier alpha value is -4.94. The molecule has 13 heteroatoms. The molecule has 0 fully saturated rings. The van der Waals surface area contributed by atoms with E-state index in [0.29, 0.717) is 5.56 Å². The van der Waals surface area contributed by atoms with Crippen LogP contribution in [-0.4, -0.2) is 59.0 Å². The van der Waals surface area contributed by atoms with Gasteiger partial charge in [-0.15, -0.1) is 0 Å². The van der Waals surface area contributed by atoms with Crippen LogP contribution in [-0.2, 0) is 46.7 Å². The smallest absolute Gasteiger partial charge is 0.408 e. The van der Waals surface area contributed by atoms with Gasteiger partial charge in [0, 0.05) is 0 Å². The van der Waals surface area contributed by atoms with Crippen LogP contribution in [0.3, 0.4) is 0 Å². The second-order valence-corrected chi connectivity index (χ2v) is 8.41. The third-order valence-corrected chi connectivity index (χ3v) is 5.21. The van der Waals surface area contributed by atoms with Crippen LogP contribution >= 0.6 is 0 Å². The van der Waals surface area contributed by atoms with Crippen molar-refractivity contribution in [1.29, 1.82) is 0 Å². The highest BCUT2D eigenvalue weighted by molar-refractivity contribution is 5.95. The zero-order valence-corrected chi connectivity index (χ0v) is 21.1. The lowest BCUT2D eigenvalue weighted by Gasteiger charge is -2.22. The number of nitrogens with two attached hydrogens (primary N) is 1. The number of amides is 4. The Bertz CT molecular complexity index is 1160. The van der Waals surface area contributed by atoms with Gasteiger partial charge in [0.25, 0.3) is 0 Å². The Labute approximate surface area is 224 Å². The van der Waals surface area contributed by atoms with Gasteiger partial charge in [-0.05, 0) is 18.1 Å². The number of primary amides is 1. The number of alkyl carbamates (subject to hydrolysis) is 1. The lowest BCUT2D eigenvalue weighted by molar-refractivity contribution is -0.148. The van der Waals surface area contributed by atoms with Crippen LogP contribution in [0.15, 0.2) is 60.7 Å². The number of aliphatic carboxylic acids is 1. The Balaban J connectivity index is 2.03. The predicted octanol–water partition coefficient (Wildman–Crippen LogP) is 0.364. The van der Waals surface area contributed by atoms with Gasteiger partial charge in [0.2, 0.25) is 17.7 Å². The molecule has 6 N–H and O–H groups in total. The van der Waals surface area contributed by atoms with E-state index in [4.69, 9.17) is 15.2 Å². The first-order chi connectivity index (χ1) is 18.5. The Morgan fingerprint density at radius 3 is 1.77 bits per heavy atom. The molecule has 0 bridgehead atoms. The molecule has 208 valence electrons. The molecule has 0 saturated carbocycles. The number of ether oxygens (including phenoxy) is 2. The molecule has 0 saturated heterocycles. The second-order valence-electron chi connectivity index (χ2n) is 8.41. The Morgan fingerprint density at radius 2 is 1.26 bits per heavy atom. The fourth-order valence-corrected chi connectivity index (χ4v) is 3.15. The number of carboxylic acid groups (broad SMARTS) is 1. The van der Waals surface area contributed by atoms with E-state index in [1.165, 1.54) is 6.92 Å². The number of hydrogen-bond donors (Lipinski definition) is 5. The summed E-state index contributed by atoms with van der Waals surface area (Å²) in [6, 6.07) is 13.0. The number of benzene rings is 2. The topological polar surface area (TPSA) is 203 Å². The summed E-state index contributed by atoms with van der Waals surface area (Å²) in [7, 11) is 0. The van der Waals surface area contributed by atoms with Crippen LogP contribution < -0.4 is 21.7 Å².